The largest absolute Gasteiger partial charge is 0.343 e. The molecule has 10 heavy (non-hydrogen) atoms. The van der Waals surface area contributed by atoms with E-state index in [2.05, 4.69) is 6.58 Å². The van der Waals surface area contributed by atoms with Crippen LogP contribution < -0.4 is 5.73 Å². The van der Waals surface area contributed by atoms with Crippen molar-refractivity contribution in [3.8, 4) is 0 Å². The summed E-state index contributed by atoms with van der Waals surface area (Å²) in [5.41, 5.74) is 5.63. The summed E-state index contributed by atoms with van der Waals surface area (Å²) in [7, 11) is 0. The average molecular weight is 139 g/mol. The van der Waals surface area contributed by atoms with Gasteiger partial charge in [-0.1, -0.05) is 6.58 Å². The van der Waals surface area contributed by atoms with Crippen LogP contribution in [0.3, 0.4) is 0 Å². The molecule has 0 amide bonds. The molecule has 2 N–H and O–H groups in total. The van der Waals surface area contributed by atoms with Crippen LogP contribution in [0.15, 0.2) is 25.2 Å². The molecule has 0 aliphatic carbocycles. The second kappa shape index (κ2) is 2.75. The molecule has 1 aliphatic rings. The lowest BCUT2D eigenvalue weighted by atomic mass is 10.5. The molecule has 0 fully saturated rings. The summed E-state index contributed by atoms with van der Waals surface area (Å²) in [4.78, 5) is 4.00. The molecule has 0 bridgehead atoms. The predicted octanol–water partition coefficient (Wildman–Crippen LogP) is 0.481. The van der Waals surface area contributed by atoms with Gasteiger partial charge in [0.25, 0.3) is 0 Å². The number of hydrogen-bond acceptors (Lipinski definition) is 3. The third kappa shape index (κ3) is 1.30. The zero-order valence-corrected chi connectivity index (χ0v) is 6.20. The Kier molecular flexibility index (Phi) is 1.97. The molecule has 3 nitrogen and oxygen atoms in total. The van der Waals surface area contributed by atoms with E-state index in [-0.39, 0.29) is 6.17 Å². The molecule has 1 heterocycles. The molecule has 0 saturated carbocycles. The highest BCUT2D eigenvalue weighted by Crippen LogP contribution is 2.06. The quantitative estimate of drug-likeness (QED) is 0.604. The van der Waals surface area contributed by atoms with Gasteiger partial charge in [-0.05, 0) is 13.1 Å². The van der Waals surface area contributed by atoms with Crippen LogP contribution >= 0.6 is 0 Å². The Labute approximate surface area is 61.4 Å². The third-order valence-electron chi connectivity index (χ3n) is 1.53. The summed E-state index contributed by atoms with van der Waals surface area (Å²) in [5.74, 6) is 0. The van der Waals surface area contributed by atoms with Crippen LogP contribution in [0, 0.1) is 0 Å². The van der Waals surface area contributed by atoms with Gasteiger partial charge in [-0.3, -0.25) is 0 Å². The fraction of sp³-hybridized carbons (Fsp3) is 0.429. The van der Waals surface area contributed by atoms with Gasteiger partial charge < -0.3 is 15.5 Å². The molecule has 1 atom stereocenters. The first kappa shape index (κ1) is 7.15. The van der Waals surface area contributed by atoms with Crippen molar-refractivity contribution in [1.29, 1.82) is 0 Å². The zero-order valence-electron chi connectivity index (χ0n) is 6.20. The van der Waals surface area contributed by atoms with Crippen LogP contribution in [0.2, 0.25) is 0 Å². The predicted molar refractivity (Wildman–Crippen MR) is 41.5 cm³/mol. The molecular formula is C7H13N3. The summed E-state index contributed by atoms with van der Waals surface area (Å²) in [6.45, 7) is 6.42. The number of rotatable bonds is 2. The van der Waals surface area contributed by atoms with Gasteiger partial charge in [-0.25, -0.2) is 0 Å². The second-order valence-corrected chi connectivity index (χ2v) is 2.39. The number of nitrogens with two attached hydrogens (primary N) is 1. The molecular weight excluding hydrogens is 126 g/mol. The SMILES string of the molecule is C=CN1C=CN(C(C)N)C1. The van der Waals surface area contributed by atoms with Crippen LogP contribution in [0.5, 0.6) is 0 Å². The molecule has 0 aromatic heterocycles. The molecule has 1 rings (SSSR count). The van der Waals surface area contributed by atoms with Gasteiger partial charge in [0.2, 0.25) is 0 Å². The Bertz CT molecular complexity index is 151. The van der Waals surface area contributed by atoms with Crippen molar-refractivity contribution in [2.75, 3.05) is 6.67 Å². The van der Waals surface area contributed by atoms with E-state index in [9.17, 15) is 0 Å². The van der Waals surface area contributed by atoms with Gasteiger partial charge in [0.15, 0.2) is 0 Å². The van der Waals surface area contributed by atoms with Gasteiger partial charge in [-0.2, -0.15) is 0 Å². The summed E-state index contributed by atoms with van der Waals surface area (Å²) < 4.78 is 0. The standard InChI is InChI=1S/C7H13N3/c1-3-9-4-5-10(6-9)7(2)8/h3-5,7H,1,6,8H2,2H3. The Morgan fingerprint density at radius 1 is 1.70 bits per heavy atom. The summed E-state index contributed by atoms with van der Waals surface area (Å²) in [6.07, 6.45) is 5.78. The summed E-state index contributed by atoms with van der Waals surface area (Å²) in [5, 5.41) is 0. The van der Waals surface area contributed by atoms with E-state index in [0.717, 1.165) is 6.67 Å². The van der Waals surface area contributed by atoms with Gasteiger partial charge >= 0.3 is 0 Å². The van der Waals surface area contributed by atoms with Crippen LogP contribution in [0.25, 0.3) is 0 Å². The molecule has 3 heteroatoms. The van der Waals surface area contributed by atoms with E-state index in [0.29, 0.717) is 0 Å². The molecule has 0 spiro atoms. The first-order chi connectivity index (χ1) is 4.74. The number of hydrogen-bond donors (Lipinski definition) is 1. The summed E-state index contributed by atoms with van der Waals surface area (Å²) >= 11 is 0. The second-order valence-electron chi connectivity index (χ2n) is 2.39. The van der Waals surface area contributed by atoms with Crippen molar-refractivity contribution in [2.45, 2.75) is 13.1 Å². The van der Waals surface area contributed by atoms with Crippen molar-refractivity contribution >= 4 is 0 Å². The van der Waals surface area contributed by atoms with Crippen molar-refractivity contribution in [3.63, 3.8) is 0 Å². The normalized spacial score (nSPS) is 19.8. The van der Waals surface area contributed by atoms with Gasteiger partial charge in [0.05, 0.1) is 12.8 Å². The van der Waals surface area contributed by atoms with E-state index in [4.69, 9.17) is 5.73 Å². The number of nitrogens with zero attached hydrogens (tertiary/aromatic N) is 2. The van der Waals surface area contributed by atoms with Gasteiger partial charge in [-0.15, -0.1) is 0 Å². The lowest BCUT2D eigenvalue weighted by Gasteiger charge is -2.21. The minimum absolute atomic E-state index is 0.0844. The fourth-order valence-electron chi connectivity index (χ4n) is 0.837. The highest BCUT2D eigenvalue weighted by atomic mass is 15.4. The van der Waals surface area contributed by atoms with E-state index >= 15 is 0 Å². The Morgan fingerprint density at radius 2 is 2.40 bits per heavy atom. The fourth-order valence-corrected chi connectivity index (χ4v) is 0.837. The smallest absolute Gasteiger partial charge is 0.0950 e. The molecule has 1 aliphatic heterocycles. The zero-order chi connectivity index (χ0) is 7.56. The highest BCUT2D eigenvalue weighted by molar-refractivity contribution is 4.95. The maximum atomic E-state index is 5.63. The molecule has 1 unspecified atom stereocenters. The van der Waals surface area contributed by atoms with Gasteiger partial charge in [0, 0.05) is 12.4 Å². The molecule has 0 radical (unpaired) electrons. The monoisotopic (exact) mass is 139 g/mol. The van der Waals surface area contributed by atoms with Crippen LogP contribution in [0.1, 0.15) is 6.92 Å². The van der Waals surface area contributed by atoms with Crippen LogP contribution in [-0.4, -0.2) is 22.6 Å². The highest BCUT2D eigenvalue weighted by Gasteiger charge is 2.11. The lowest BCUT2D eigenvalue weighted by molar-refractivity contribution is 0.259. The molecule has 0 aromatic rings. The van der Waals surface area contributed by atoms with Crippen LogP contribution in [0.4, 0.5) is 0 Å². The lowest BCUT2D eigenvalue weighted by Crippen LogP contribution is -2.36. The average Bonchev–Trinajstić information content (AvgIpc) is 2.34. The Balaban J connectivity index is 2.45. The van der Waals surface area contributed by atoms with Crippen molar-refractivity contribution in [3.05, 3.63) is 25.2 Å². The molecule has 0 aromatic carbocycles. The van der Waals surface area contributed by atoms with E-state index < -0.39 is 0 Å². The topological polar surface area (TPSA) is 32.5 Å². The molecule has 0 saturated heterocycles. The van der Waals surface area contributed by atoms with Crippen molar-refractivity contribution < 1.29 is 0 Å². The maximum Gasteiger partial charge on any atom is 0.0950 e. The Morgan fingerprint density at radius 3 is 2.70 bits per heavy atom. The Hall–Kier alpha value is -0.960. The van der Waals surface area contributed by atoms with E-state index in [1.807, 2.05) is 29.1 Å². The first-order valence-corrected chi connectivity index (χ1v) is 3.32. The van der Waals surface area contributed by atoms with Gasteiger partial charge in [0.1, 0.15) is 0 Å². The maximum absolute atomic E-state index is 5.63. The minimum atomic E-state index is 0.0844. The van der Waals surface area contributed by atoms with Crippen molar-refractivity contribution in [2.24, 2.45) is 5.73 Å². The summed E-state index contributed by atoms with van der Waals surface area (Å²) in [6, 6.07) is 0. The third-order valence-corrected chi connectivity index (χ3v) is 1.53. The van der Waals surface area contributed by atoms with Crippen molar-refractivity contribution in [1.82, 2.24) is 9.80 Å². The van der Waals surface area contributed by atoms with Crippen LogP contribution in [-0.2, 0) is 0 Å². The minimum Gasteiger partial charge on any atom is -0.343 e. The first-order valence-electron chi connectivity index (χ1n) is 3.32. The molecule has 56 valence electrons. The van der Waals surface area contributed by atoms with E-state index in [1.54, 1.807) is 6.20 Å². The van der Waals surface area contributed by atoms with E-state index in [1.165, 1.54) is 0 Å².